The summed E-state index contributed by atoms with van der Waals surface area (Å²) in [6.07, 6.45) is 5.12. The Hall–Kier alpha value is -3.53. The maximum Gasteiger partial charge on any atom is 0.158 e. The Bertz CT molecular complexity index is 1250. The molecule has 4 aromatic rings. The molecule has 0 amide bonds. The van der Waals surface area contributed by atoms with Crippen molar-refractivity contribution in [3.63, 3.8) is 0 Å². The van der Waals surface area contributed by atoms with Gasteiger partial charge in [0.1, 0.15) is 5.82 Å². The van der Waals surface area contributed by atoms with Crippen LogP contribution < -0.4 is 0 Å². The second-order valence-electron chi connectivity index (χ2n) is 7.31. The van der Waals surface area contributed by atoms with Crippen LogP contribution in [0.1, 0.15) is 29.4 Å². The van der Waals surface area contributed by atoms with E-state index < -0.39 is 0 Å². The van der Waals surface area contributed by atoms with Gasteiger partial charge in [-0.25, -0.2) is 4.98 Å². The number of fused-ring (bicyclic) bond motifs is 3. The lowest BCUT2D eigenvalue weighted by Gasteiger charge is -2.13. The summed E-state index contributed by atoms with van der Waals surface area (Å²) in [6, 6.07) is 20.8. The number of carbonyl (C=O) groups excluding carboxylic acids is 1. The van der Waals surface area contributed by atoms with Gasteiger partial charge in [-0.3, -0.25) is 9.79 Å². The SMILES string of the molecule is CCc1nccn1-c1ccc(C2=NCC(=O)Cc3c2ccc2ccccc32)cc1. The lowest BCUT2D eigenvalue weighted by Crippen LogP contribution is -2.07. The van der Waals surface area contributed by atoms with Gasteiger partial charge in [-0.15, -0.1) is 0 Å². The maximum absolute atomic E-state index is 12.4. The zero-order valence-corrected chi connectivity index (χ0v) is 16.3. The van der Waals surface area contributed by atoms with Crippen molar-refractivity contribution in [1.29, 1.82) is 0 Å². The van der Waals surface area contributed by atoms with Crippen molar-refractivity contribution in [3.8, 4) is 5.69 Å². The summed E-state index contributed by atoms with van der Waals surface area (Å²) < 4.78 is 2.10. The van der Waals surface area contributed by atoms with Crippen LogP contribution in [-0.2, 0) is 17.6 Å². The van der Waals surface area contributed by atoms with Crippen LogP contribution in [-0.4, -0.2) is 27.6 Å². The zero-order valence-electron chi connectivity index (χ0n) is 16.3. The summed E-state index contributed by atoms with van der Waals surface area (Å²) in [4.78, 5) is 21.5. The molecule has 4 nitrogen and oxygen atoms in total. The fourth-order valence-electron chi connectivity index (χ4n) is 4.11. The van der Waals surface area contributed by atoms with Gasteiger partial charge in [-0.1, -0.05) is 55.5 Å². The zero-order chi connectivity index (χ0) is 19.8. The number of aromatic nitrogens is 2. The third-order valence-electron chi connectivity index (χ3n) is 5.54. The third-order valence-corrected chi connectivity index (χ3v) is 5.54. The van der Waals surface area contributed by atoms with Crippen LogP contribution in [0.3, 0.4) is 0 Å². The van der Waals surface area contributed by atoms with E-state index in [2.05, 4.69) is 65.0 Å². The molecule has 0 bridgehead atoms. The predicted octanol–water partition coefficient (Wildman–Crippen LogP) is 4.55. The highest BCUT2D eigenvalue weighted by molar-refractivity contribution is 6.17. The van der Waals surface area contributed by atoms with Gasteiger partial charge in [0.2, 0.25) is 0 Å². The average Bonchev–Trinajstić information content (AvgIpc) is 3.17. The van der Waals surface area contributed by atoms with Crippen molar-refractivity contribution < 1.29 is 4.79 Å². The Kier molecular flexibility index (Phi) is 4.32. The van der Waals surface area contributed by atoms with E-state index in [0.29, 0.717) is 6.42 Å². The summed E-state index contributed by atoms with van der Waals surface area (Å²) in [7, 11) is 0. The number of Topliss-reactive ketones (excluding diaryl/α,β-unsaturated/α-hetero) is 1. The van der Waals surface area contributed by atoms with Crippen molar-refractivity contribution >= 4 is 22.3 Å². The van der Waals surface area contributed by atoms with Gasteiger partial charge >= 0.3 is 0 Å². The molecule has 142 valence electrons. The largest absolute Gasteiger partial charge is 0.304 e. The van der Waals surface area contributed by atoms with Gasteiger partial charge in [-0.2, -0.15) is 0 Å². The van der Waals surface area contributed by atoms with E-state index in [1.807, 2.05) is 24.5 Å². The number of rotatable bonds is 3. The minimum absolute atomic E-state index is 0.153. The second-order valence-corrected chi connectivity index (χ2v) is 7.31. The molecule has 3 aromatic carbocycles. The molecular weight excluding hydrogens is 358 g/mol. The lowest BCUT2D eigenvalue weighted by molar-refractivity contribution is -0.117. The number of nitrogens with zero attached hydrogens (tertiary/aromatic N) is 3. The topological polar surface area (TPSA) is 47.2 Å². The number of benzene rings is 3. The molecule has 0 spiro atoms. The van der Waals surface area contributed by atoms with Gasteiger partial charge in [0.05, 0.1) is 12.3 Å². The van der Waals surface area contributed by atoms with Crippen LogP contribution in [0, 0.1) is 0 Å². The molecule has 0 unspecified atom stereocenters. The molecule has 29 heavy (non-hydrogen) atoms. The van der Waals surface area contributed by atoms with Crippen molar-refractivity contribution in [3.05, 3.63) is 95.6 Å². The van der Waals surface area contributed by atoms with Gasteiger partial charge in [0.25, 0.3) is 0 Å². The Balaban J connectivity index is 1.61. The van der Waals surface area contributed by atoms with E-state index in [9.17, 15) is 4.79 Å². The summed E-state index contributed by atoms with van der Waals surface area (Å²) in [5.74, 6) is 1.19. The normalized spacial score (nSPS) is 13.8. The predicted molar refractivity (Wildman–Crippen MR) is 116 cm³/mol. The Morgan fingerprint density at radius 1 is 1.00 bits per heavy atom. The molecule has 0 radical (unpaired) electrons. The van der Waals surface area contributed by atoms with Crippen molar-refractivity contribution in [1.82, 2.24) is 9.55 Å². The molecule has 5 rings (SSSR count). The maximum atomic E-state index is 12.4. The molecule has 0 fully saturated rings. The van der Waals surface area contributed by atoms with E-state index in [-0.39, 0.29) is 12.3 Å². The first kappa shape index (κ1) is 17.6. The number of aryl methyl sites for hydroxylation is 1. The van der Waals surface area contributed by atoms with Crippen LogP contribution >= 0.6 is 0 Å². The molecule has 2 heterocycles. The highest BCUT2D eigenvalue weighted by Crippen LogP contribution is 2.28. The van der Waals surface area contributed by atoms with E-state index in [1.165, 1.54) is 0 Å². The molecule has 0 N–H and O–H groups in total. The first-order valence-corrected chi connectivity index (χ1v) is 9.95. The summed E-state index contributed by atoms with van der Waals surface area (Å²) in [6.45, 7) is 2.33. The van der Waals surface area contributed by atoms with Crippen LogP contribution in [0.4, 0.5) is 0 Å². The van der Waals surface area contributed by atoms with Crippen LogP contribution in [0.5, 0.6) is 0 Å². The fourth-order valence-corrected chi connectivity index (χ4v) is 4.11. The highest BCUT2D eigenvalue weighted by Gasteiger charge is 2.20. The average molecular weight is 379 g/mol. The molecule has 1 aliphatic heterocycles. The lowest BCUT2D eigenvalue weighted by atomic mass is 9.91. The van der Waals surface area contributed by atoms with E-state index in [0.717, 1.165) is 51.1 Å². The minimum Gasteiger partial charge on any atom is -0.304 e. The summed E-state index contributed by atoms with van der Waals surface area (Å²) in [5, 5.41) is 2.29. The summed E-state index contributed by atoms with van der Waals surface area (Å²) in [5.41, 5.74) is 5.13. The van der Waals surface area contributed by atoms with Crippen molar-refractivity contribution in [2.24, 2.45) is 4.99 Å². The van der Waals surface area contributed by atoms with Gasteiger partial charge in [-0.05, 0) is 28.5 Å². The molecule has 0 aliphatic carbocycles. The number of aliphatic imine (C=N–C) groups is 1. The fraction of sp³-hybridized carbons (Fsp3) is 0.160. The molecule has 1 aliphatic rings. The number of carbonyl (C=O) groups is 1. The molecule has 0 saturated carbocycles. The summed E-state index contributed by atoms with van der Waals surface area (Å²) >= 11 is 0. The van der Waals surface area contributed by atoms with E-state index >= 15 is 0 Å². The molecule has 0 atom stereocenters. The first-order chi connectivity index (χ1) is 14.2. The third kappa shape index (κ3) is 3.07. The Morgan fingerprint density at radius 3 is 2.66 bits per heavy atom. The van der Waals surface area contributed by atoms with Gasteiger partial charge < -0.3 is 4.57 Å². The Morgan fingerprint density at radius 2 is 1.83 bits per heavy atom. The second kappa shape index (κ2) is 7.13. The number of imidazole rings is 1. The molecular formula is C25H21N3O. The minimum atomic E-state index is 0.153. The first-order valence-electron chi connectivity index (χ1n) is 9.95. The smallest absolute Gasteiger partial charge is 0.158 e. The number of hydrogen-bond acceptors (Lipinski definition) is 3. The monoisotopic (exact) mass is 379 g/mol. The molecule has 0 saturated heterocycles. The number of ketones is 1. The van der Waals surface area contributed by atoms with Gasteiger partial charge in [0, 0.05) is 42.0 Å². The van der Waals surface area contributed by atoms with E-state index in [1.54, 1.807) is 0 Å². The van der Waals surface area contributed by atoms with Crippen molar-refractivity contribution in [2.45, 2.75) is 19.8 Å². The van der Waals surface area contributed by atoms with Crippen LogP contribution in [0.2, 0.25) is 0 Å². The number of hydrogen-bond donors (Lipinski definition) is 0. The highest BCUT2D eigenvalue weighted by atomic mass is 16.1. The van der Waals surface area contributed by atoms with Crippen LogP contribution in [0.15, 0.2) is 78.0 Å². The van der Waals surface area contributed by atoms with E-state index in [4.69, 9.17) is 4.99 Å². The Labute approximate surface area is 169 Å². The van der Waals surface area contributed by atoms with Gasteiger partial charge in [0.15, 0.2) is 5.78 Å². The quantitative estimate of drug-likeness (QED) is 0.524. The standard InChI is InChI=1S/C25H21N3O/c1-2-24-26-13-14-28(24)19-10-7-18(8-11-19)25-22-12-9-17-5-3-4-6-21(17)23(22)15-20(29)16-27-25/h3-14H,2,15-16H2,1H3. The van der Waals surface area contributed by atoms with Crippen molar-refractivity contribution in [2.75, 3.05) is 6.54 Å². The molecule has 4 heteroatoms. The molecule has 1 aromatic heterocycles. The van der Waals surface area contributed by atoms with Crippen LogP contribution in [0.25, 0.3) is 16.5 Å².